The molecular weight excluding hydrogens is 228 g/mol. The lowest BCUT2D eigenvalue weighted by Crippen LogP contribution is -2.50. The van der Waals surface area contributed by atoms with Gasteiger partial charge in [0.05, 0.1) is 5.60 Å². The minimum atomic E-state index is -0.788. The quantitative estimate of drug-likeness (QED) is 0.818. The Hall–Kier alpha value is -1.39. The van der Waals surface area contributed by atoms with Crippen molar-refractivity contribution in [2.45, 2.75) is 25.4 Å². The largest absolute Gasteiger partial charge is 0.388 e. The first-order valence-corrected chi connectivity index (χ1v) is 6.32. The van der Waals surface area contributed by atoms with Crippen LogP contribution in [-0.2, 0) is 0 Å². The van der Waals surface area contributed by atoms with Gasteiger partial charge in [-0.25, -0.2) is 0 Å². The molecule has 1 aromatic carbocycles. The van der Waals surface area contributed by atoms with Crippen LogP contribution in [0, 0.1) is 6.92 Å². The third kappa shape index (κ3) is 2.71. The van der Waals surface area contributed by atoms with Gasteiger partial charge in [-0.1, -0.05) is 17.7 Å². The minimum Gasteiger partial charge on any atom is -0.388 e. The maximum atomic E-state index is 12.2. The number of amides is 1. The van der Waals surface area contributed by atoms with E-state index in [2.05, 4.69) is 0 Å². The van der Waals surface area contributed by atoms with E-state index < -0.39 is 5.60 Å². The number of benzene rings is 1. The zero-order valence-corrected chi connectivity index (χ0v) is 10.7. The molecule has 1 aromatic rings. The van der Waals surface area contributed by atoms with Crippen molar-refractivity contribution in [1.29, 1.82) is 0 Å². The highest BCUT2D eigenvalue weighted by Crippen LogP contribution is 2.22. The average Bonchev–Trinajstić information content (AvgIpc) is 2.40. The Kier molecular flexibility index (Phi) is 3.68. The van der Waals surface area contributed by atoms with Crippen molar-refractivity contribution in [2.75, 3.05) is 19.6 Å². The van der Waals surface area contributed by atoms with Crippen LogP contribution in [0.2, 0.25) is 0 Å². The predicted octanol–water partition coefficient (Wildman–Crippen LogP) is 0.921. The molecular formula is C14H20N2O2. The van der Waals surface area contributed by atoms with Crippen molar-refractivity contribution >= 4 is 5.91 Å². The van der Waals surface area contributed by atoms with Crippen LogP contribution in [0.15, 0.2) is 24.3 Å². The first kappa shape index (κ1) is 13.1. The summed E-state index contributed by atoms with van der Waals surface area (Å²) in [6, 6.07) is 7.57. The summed E-state index contributed by atoms with van der Waals surface area (Å²) in [5.41, 5.74) is 6.59. The van der Waals surface area contributed by atoms with Gasteiger partial charge in [0.25, 0.3) is 5.91 Å². The standard InChI is InChI=1S/C14H20N2O2/c1-11-2-4-12(5-3-11)13(17)16-8-6-14(18,10-15)7-9-16/h2-5,18H,6-10,15H2,1H3. The molecule has 0 unspecified atom stereocenters. The molecule has 0 spiro atoms. The van der Waals surface area contributed by atoms with E-state index in [4.69, 9.17) is 5.73 Å². The number of piperidine rings is 1. The smallest absolute Gasteiger partial charge is 0.253 e. The van der Waals surface area contributed by atoms with E-state index in [1.807, 2.05) is 31.2 Å². The molecule has 1 aliphatic heterocycles. The Bertz CT molecular complexity index is 420. The van der Waals surface area contributed by atoms with E-state index in [1.54, 1.807) is 4.90 Å². The Morgan fingerprint density at radius 2 is 1.89 bits per heavy atom. The molecule has 0 radical (unpaired) electrons. The first-order chi connectivity index (χ1) is 8.54. The van der Waals surface area contributed by atoms with Crippen LogP contribution in [0.3, 0.4) is 0 Å². The highest BCUT2D eigenvalue weighted by molar-refractivity contribution is 5.94. The molecule has 1 aliphatic rings. The van der Waals surface area contributed by atoms with E-state index in [0.29, 0.717) is 31.5 Å². The normalized spacial score (nSPS) is 18.7. The summed E-state index contributed by atoms with van der Waals surface area (Å²) in [5, 5.41) is 10.0. The third-order valence-electron chi connectivity index (χ3n) is 3.66. The lowest BCUT2D eigenvalue weighted by Gasteiger charge is -2.37. The lowest BCUT2D eigenvalue weighted by molar-refractivity contribution is -0.00951. The monoisotopic (exact) mass is 248 g/mol. The van der Waals surface area contributed by atoms with Crippen LogP contribution in [-0.4, -0.2) is 41.1 Å². The number of hydrogen-bond acceptors (Lipinski definition) is 3. The second-order valence-corrected chi connectivity index (χ2v) is 5.09. The van der Waals surface area contributed by atoms with Gasteiger partial charge in [-0.3, -0.25) is 4.79 Å². The number of aliphatic hydroxyl groups is 1. The maximum absolute atomic E-state index is 12.2. The third-order valence-corrected chi connectivity index (χ3v) is 3.66. The number of nitrogens with two attached hydrogens (primary N) is 1. The number of carbonyl (C=O) groups excluding carboxylic acids is 1. The molecule has 1 heterocycles. The van der Waals surface area contributed by atoms with Crippen molar-refractivity contribution in [2.24, 2.45) is 5.73 Å². The first-order valence-electron chi connectivity index (χ1n) is 6.32. The van der Waals surface area contributed by atoms with Gasteiger partial charge in [0.2, 0.25) is 0 Å². The van der Waals surface area contributed by atoms with Crippen LogP contribution in [0.5, 0.6) is 0 Å². The van der Waals surface area contributed by atoms with Gasteiger partial charge < -0.3 is 15.7 Å². The number of likely N-dealkylation sites (tertiary alicyclic amines) is 1. The fraction of sp³-hybridized carbons (Fsp3) is 0.500. The average molecular weight is 248 g/mol. The van der Waals surface area contributed by atoms with Gasteiger partial charge in [0.1, 0.15) is 0 Å². The van der Waals surface area contributed by atoms with E-state index >= 15 is 0 Å². The second kappa shape index (κ2) is 5.08. The Balaban J connectivity index is 2.01. The lowest BCUT2D eigenvalue weighted by atomic mass is 9.91. The summed E-state index contributed by atoms with van der Waals surface area (Å²) in [6.07, 6.45) is 1.11. The SMILES string of the molecule is Cc1ccc(C(=O)N2CCC(O)(CN)CC2)cc1. The summed E-state index contributed by atoms with van der Waals surface area (Å²) >= 11 is 0. The molecule has 98 valence electrons. The molecule has 4 nitrogen and oxygen atoms in total. The number of hydrogen-bond donors (Lipinski definition) is 2. The Morgan fingerprint density at radius 3 is 2.39 bits per heavy atom. The molecule has 3 N–H and O–H groups in total. The van der Waals surface area contributed by atoms with E-state index in [-0.39, 0.29) is 12.5 Å². The van der Waals surface area contributed by atoms with Gasteiger partial charge in [0, 0.05) is 25.2 Å². The predicted molar refractivity (Wildman–Crippen MR) is 70.3 cm³/mol. The minimum absolute atomic E-state index is 0.0362. The van der Waals surface area contributed by atoms with E-state index in [1.165, 1.54) is 0 Å². The number of rotatable bonds is 2. The Labute approximate surface area is 107 Å². The second-order valence-electron chi connectivity index (χ2n) is 5.09. The van der Waals surface area contributed by atoms with E-state index in [9.17, 15) is 9.90 Å². The van der Waals surface area contributed by atoms with Crippen molar-refractivity contribution in [3.8, 4) is 0 Å². The van der Waals surface area contributed by atoms with Crippen molar-refractivity contribution in [3.63, 3.8) is 0 Å². The van der Waals surface area contributed by atoms with E-state index in [0.717, 1.165) is 5.56 Å². The van der Waals surface area contributed by atoms with Gasteiger partial charge in [-0.2, -0.15) is 0 Å². The molecule has 0 aromatic heterocycles. The van der Waals surface area contributed by atoms with Crippen LogP contribution in [0.4, 0.5) is 0 Å². The van der Waals surface area contributed by atoms with Crippen LogP contribution >= 0.6 is 0 Å². The highest BCUT2D eigenvalue weighted by atomic mass is 16.3. The molecule has 0 saturated carbocycles. The summed E-state index contributed by atoms with van der Waals surface area (Å²) in [4.78, 5) is 14.0. The summed E-state index contributed by atoms with van der Waals surface area (Å²) < 4.78 is 0. The van der Waals surface area contributed by atoms with Crippen molar-refractivity contribution < 1.29 is 9.90 Å². The molecule has 2 rings (SSSR count). The summed E-state index contributed by atoms with van der Waals surface area (Å²) in [6.45, 7) is 3.40. The van der Waals surface area contributed by atoms with Crippen molar-refractivity contribution in [1.82, 2.24) is 4.90 Å². The van der Waals surface area contributed by atoms with Crippen LogP contribution in [0.1, 0.15) is 28.8 Å². The van der Waals surface area contributed by atoms with Gasteiger partial charge in [-0.05, 0) is 31.9 Å². The number of carbonyl (C=O) groups is 1. The topological polar surface area (TPSA) is 66.6 Å². The zero-order valence-electron chi connectivity index (χ0n) is 10.7. The highest BCUT2D eigenvalue weighted by Gasteiger charge is 2.32. The number of aryl methyl sites for hydroxylation is 1. The molecule has 0 atom stereocenters. The van der Waals surface area contributed by atoms with Crippen LogP contribution in [0.25, 0.3) is 0 Å². The molecule has 1 amide bonds. The maximum Gasteiger partial charge on any atom is 0.253 e. The zero-order chi connectivity index (χ0) is 13.2. The molecule has 1 fully saturated rings. The molecule has 4 heteroatoms. The molecule has 0 bridgehead atoms. The van der Waals surface area contributed by atoms with Crippen LogP contribution < -0.4 is 5.73 Å². The van der Waals surface area contributed by atoms with Crippen molar-refractivity contribution in [3.05, 3.63) is 35.4 Å². The summed E-state index contributed by atoms with van der Waals surface area (Å²) in [5.74, 6) is 0.0362. The fourth-order valence-electron chi connectivity index (χ4n) is 2.21. The van der Waals surface area contributed by atoms with Gasteiger partial charge in [0.15, 0.2) is 0 Å². The Morgan fingerprint density at radius 1 is 1.33 bits per heavy atom. The molecule has 18 heavy (non-hydrogen) atoms. The van der Waals surface area contributed by atoms with Gasteiger partial charge >= 0.3 is 0 Å². The van der Waals surface area contributed by atoms with Gasteiger partial charge in [-0.15, -0.1) is 0 Å². The molecule has 1 saturated heterocycles. The molecule has 0 aliphatic carbocycles. The summed E-state index contributed by atoms with van der Waals surface area (Å²) in [7, 11) is 0. The number of nitrogens with zero attached hydrogens (tertiary/aromatic N) is 1. The fourth-order valence-corrected chi connectivity index (χ4v) is 2.21.